The number of amides is 1. The highest BCUT2D eigenvalue weighted by atomic mass is 16.6. The van der Waals surface area contributed by atoms with Crippen LogP contribution in [0, 0.1) is 22.7 Å². The molecule has 0 spiro atoms. The molecule has 1 amide bonds. The van der Waals surface area contributed by atoms with Gasteiger partial charge in [-0.1, -0.05) is 27.7 Å². The van der Waals surface area contributed by atoms with E-state index in [9.17, 15) is 14.7 Å². The summed E-state index contributed by atoms with van der Waals surface area (Å²) in [5.74, 6) is -1.13. The molecule has 3 atom stereocenters. The maximum absolute atomic E-state index is 12.7. The number of rotatable bonds is 2. The summed E-state index contributed by atoms with van der Waals surface area (Å²) in [6, 6.07) is -0.0472. The van der Waals surface area contributed by atoms with E-state index in [4.69, 9.17) is 4.74 Å². The minimum absolute atomic E-state index is 0.00335. The molecule has 5 heteroatoms. The van der Waals surface area contributed by atoms with Crippen LogP contribution in [0.2, 0.25) is 0 Å². The third-order valence-corrected chi connectivity index (χ3v) is 5.33. The highest BCUT2D eigenvalue weighted by Gasteiger charge is 2.66. The van der Waals surface area contributed by atoms with E-state index in [1.54, 1.807) is 4.90 Å². The Kier molecular flexibility index (Phi) is 4.23. The number of carboxylic acid groups (broad SMARTS) is 1. The van der Waals surface area contributed by atoms with Crippen molar-refractivity contribution in [1.82, 2.24) is 4.90 Å². The van der Waals surface area contributed by atoms with Crippen molar-refractivity contribution in [3.05, 3.63) is 0 Å². The van der Waals surface area contributed by atoms with Crippen LogP contribution in [0.25, 0.3) is 0 Å². The highest BCUT2D eigenvalue weighted by Crippen LogP contribution is 2.62. The first-order valence-electron chi connectivity index (χ1n) is 8.49. The molecular formula is C18H31NO4. The Bertz CT molecular complexity index is 504. The van der Waals surface area contributed by atoms with E-state index in [1.807, 2.05) is 34.6 Å². The van der Waals surface area contributed by atoms with Gasteiger partial charge in [0.1, 0.15) is 5.60 Å². The fraction of sp³-hybridized carbons (Fsp3) is 0.889. The average Bonchev–Trinajstić information content (AvgIpc) is 2.89. The Labute approximate surface area is 139 Å². The summed E-state index contributed by atoms with van der Waals surface area (Å²) in [5, 5.41) is 9.47. The monoisotopic (exact) mass is 325 g/mol. The largest absolute Gasteiger partial charge is 0.481 e. The fourth-order valence-electron chi connectivity index (χ4n) is 4.11. The van der Waals surface area contributed by atoms with Gasteiger partial charge in [-0.25, -0.2) is 4.79 Å². The minimum atomic E-state index is -0.756. The van der Waals surface area contributed by atoms with Crippen molar-refractivity contribution in [1.29, 1.82) is 0 Å². The number of nitrogens with zero attached hydrogens (tertiary/aromatic N) is 1. The van der Waals surface area contributed by atoms with Gasteiger partial charge in [-0.3, -0.25) is 4.79 Å². The van der Waals surface area contributed by atoms with Crippen molar-refractivity contribution in [2.75, 3.05) is 6.54 Å². The summed E-state index contributed by atoms with van der Waals surface area (Å²) in [4.78, 5) is 26.0. The molecule has 132 valence electrons. The van der Waals surface area contributed by atoms with Crippen molar-refractivity contribution >= 4 is 12.1 Å². The molecule has 1 N–H and O–H groups in total. The van der Waals surface area contributed by atoms with Crippen LogP contribution in [0.4, 0.5) is 4.79 Å². The third kappa shape index (κ3) is 3.64. The molecule has 1 aliphatic heterocycles. The molecule has 0 aromatic carbocycles. The lowest BCUT2D eigenvalue weighted by atomic mass is 9.79. The molecule has 0 aromatic rings. The zero-order valence-corrected chi connectivity index (χ0v) is 15.5. The number of carbonyl (C=O) groups is 2. The van der Waals surface area contributed by atoms with Crippen LogP contribution in [-0.4, -0.2) is 40.3 Å². The zero-order chi connectivity index (χ0) is 17.8. The van der Waals surface area contributed by atoms with Gasteiger partial charge in [0, 0.05) is 12.6 Å². The molecule has 1 saturated carbocycles. The first-order chi connectivity index (χ1) is 10.3. The topological polar surface area (TPSA) is 66.8 Å². The second-order valence-corrected chi connectivity index (χ2v) is 9.54. The van der Waals surface area contributed by atoms with Gasteiger partial charge in [0.2, 0.25) is 0 Å². The number of hydrogen-bond donors (Lipinski definition) is 1. The molecule has 5 nitrogen and oxygen atoms in total. The van der Waals surface area contributed by atoms with Crippen LogP contribution >= 0.6 is 0 Å². The molecule has 0 radical (unpaired) electrons. The Hall–Kier alpha value is -1.26. The number of piperidine rings is 1. The van der Waals surface area contributed by atoms with Crippen molar-refractivity contribution in [3.8, 4) is 0 Å². The SMILES string of the molecule is CC1(C)CCC([C@H]2[C@H](C(=O)O)C2(C)C)N(C(=O)OC(C)(C)C)C1. The summed E-state index contributed by atoms with van der Waals surface area (Å²) in [5.41, 5.74) is -0.780. The van der Waals surface area contributed by atoms with Gasteiger partial charge in [-0.15, -0.1) is 0 Å². The predicted octanol–water partition coefficient (Wildman–Crippen LogP) is 3.77. The molecule has 1 heterocycles. The second kappa shape index (κ2) is 5.38. The van der Waals surface area contributed by atoms with E-state index in [1.165, 1.54) is 0 Å². The first kappa shape index (κ1) is 18.1. The number of aliphatic carboxylic acids is 1. The summed E-state index contributed by atoms with van der Waals surface area (Å²) in [7, 11) is 0. The van der Waals surface area contributed by atoms with Crippen LogP contribution in [0.15, 0.2) is 0 Å². The van der Waals surface area contributed by atoms with Gasteiger partial charge in [0.05, 0.1) is 5.92 Å². The molecule has 2 rings (SSSR count). The Morgan fingerprint density at radius 3 is 2.17 bits per heavy atom. The molecule has 2 fully saturated rings. The van der Waals surface area contributed by atoms with Crippen LogP contribution < -0.4 is 0 Å². The smallest absolute Gasteiger partial charge is 0.410 e. The molecule has 23 heavy (non-hydrogen) atoms. The summed E-state index contributed by atoms with van der Waals surface area (Å²) < 4.78 is 5.58. The van der Waals surface area contributed by atoms with Crippen LogP contribution in [0.5, 0.6) is 0 Å². The Balaban J connectivity index is 2.23. The number of hydrogen-bond acceptors (Lipinski definition) is 3. The van der Waals surface area contributed by atoms with E-state index < -0.39 is 11.6 Å². The van der Waals surface area contributed by atoms with Gasteiger partial charge < -0.3 is 14.7 Å². The molecule has 1 unspecified atom stereocenters. The Morgan fingerprint density at radius 1 is 1.17 bits per heavy atom. The predicted molar refractivity (Wildman–Crippen MR) is 88.1 cm³/mol. The number of carboxylic acids is 1. The van der Waals surface area contributed by atoms with Crippen LogP contribution in [0.3, 0.4) is 0 Å². The summed E-state index contributed by atoms with van der Waals surface area (Å²) in [6.07, 6.45) is 1.52. The Morgan fingerprint density at radius 2 is 1.74 bits per heavy atom. The van der Waals surface area contributed by atoms with Gasteiger partial charge in [0.15, 0.2) is 0 Å². The second-order valence-electron chi connectivity index (χ2n) is 9.54. The van der Waals surface area contributed by atoms with E-state index in [0.29, 0.717) is 6.54 Å². The van der Waals surface area contributed by atoms with E-state index in [-0.39, 0.29) is 34.8 Å². The minimum Gasteiger partial charge on any atom is -0.481 e. The van der Waals surface area contributed by atoms with E-state index in [0.717, 1.165) is 12.8 Å². The highest BCUT2D eigenvalue weighted by molar-refractivity contribution is 5.76. The number of carbonyl (C=O) groups excluding carboxylic acids is 1. The number of ether oxygens (including phenoxy) is 1. The number of likely N-dealkylation sites (tertiary alicyclic amines) is 1. The van der Waals surface area contributed by atoms with Crippen molar-refractivity contribution in [2.24, 2.45) is 22.7 Å². The molecule has 1 aliphatic carbocycles. The first-order valence-corrected chi connectivity index (χ1v) is 8.49. The summed E-state index contributed by atoms with van der Waals surface area (Å²) >= 11 is 0. The zero-order valence-electron chi connectivity index (χ0n) is 15.5. The lowest BCUT2D eigenvalue weighted by Gasteiger charge is -2.44. The molecule has 1 saturated heterocycles. The van der Waals surface area contributed by atoms with Crippen LogP contribution in [-0.2, 0) is 9.53 Å². The normalized spacial score (nSPS) is 32.3. The van der Waals surface area contributed by atoms with Gasteiger partial charge in [-0.05, 0) is 50.4 Å². The quantitative estimate of drug-likeness (QED) is 0.839. The standard InChI is InChI=1S/C18H31NO4/c1-16(2,3)23-15(22)19-10-17(4,5)9-8-11(19)12-13(14(20)21)18(12,6)7/h11-13H,8-10H2,1-7H3,(H,20,21)/t11?,12-,13+/m0/s1. The molecular weight excluding hydrogens is 294 g/mol. The van der Waals surface area contributed by atoms with Gasteiger partial charge in [-0.2, -0.15) is 0 Å². The van der Waals surface area contributed by atoms with Gasteiger partial charge >= 0.3 is 12.1 Å². The summed E-state index contributed by atoms with van der Waals surface area (Å²) in [6.45, 7) is 14.5. The van der Waals surface area contributed by atoms with Gasteiger partial charge in [0.25, 0.3) is 0 Å². The fourth-order valence-corrected chi connectivity index (χ4v) is 4.11. The maximum Gasteiger partial charge on any atom is 0.410 e. The lowest BCUT2D eigenvalue weighted by molar-refractivity contribution is -0.139. The molecule has 0 bridgehead atoms. The van der Waals surface area contributed by atoms with Crippen molar-refractivity contribution in [3.63, 3.8) is 0 Å². The maximum atomic E-state index is 12.7. The van der Waals surface area contributed by atoms with E-state index in [2.05, 4.69) is 13.8 Å². The van der Waals surface area contributed by atoms with Crippen molar-refractivity contribution in [2.45, 2.75) is 73.0 Å². The average molecular weight is 325 g/mol. The van der Waals surface area contributed by atoms with E-state index >= 15 is 0 Å². The third-order valence-electron chi connectivity index (χ3n) is 5.33. The van der Waals surface area contributed by atoms with Crippen molar-refractivity contribution < 1.29 is 19.4 Å². The molecule has 0 aromatic heterocycles. The van der Waals surface area contributed by atoms with Crippen LogP contribution in [0.1, 0.15) is 61.3 Å². The molecule has 2 aliphatic rings. The lowest BCUT2D eigenvalue weighted by Crippen LogP contribution is -2.52.